The zero-order chi connectivity index (χ0) is 27.4. The van der Waals surface area contributed by atoms with Crippen LogP contribution < -0.4 is 4.74 Å². The molecule has 1 amide bonds. The fraction of sp³-hybridized carbons (Fsp3) is 0.194. The number of nitrogens with zero attached hydrogens (tertiary/aromatic N) is 3. The number of hydrogen-bond acceptors (Lipinski definition) is 5. The lowest BCUT2D eigenvalue weighted by atomic mass is 9.95. The van der Waals surface area contributed by atoms with Gasteiger partial charge in [-0.05, 0) is 66.4 Å². The predicted octanol–water partition coefficient (Wildman–Crippen LogP) is 5.94. The number of aliphatic hydroxyl groups is 1. The smallest absolute Gasteiger partial charge is 0.295 e. The summed E-state index contributed by atoms with van der Waals surface area (Å²) >= 11 is 6.11. The van der Waals surface area contributed by atoms with Gasteiger partial charge in [-0.1, -0.05) is 48.0 Å². The third kappa shape index (κ3) is 5.73. The predicted molar refractivity (Wildman–Crippen MR) is 149 cm³/mol. The van der Waals surface area contributed by atoms with E-state index in [9.17, 15) is 14.7 Å². The first-order valence-corrected chi connectivity index (χ1v) is 13.1. The third-order valence-corrected chi connectivity index (χ3v) is 7.14. The molecule has 1 N–H and O–H groups in total. The van der Waals surface area contributed by atoms with Crippen molar-refractivity contribution in [3.05, 3.63) is 124 Å². The topological polar surface area (TPSA) is 84.7 Å². The Morgan fingerprint density at radius 2 is 1.74 bits per heavy atom. The molecular weight excluding hydrogens is 514 g/mol. The van der Waals surface area contributed by atoms with Crippen LogP contribution in [0.2, 0.25) is 5.02 Å². The van der Waals surface area contributed by atoms with Crippen molar-refractivity contribution in [2.24, 2.45) is 0 Å². The molecule has 0 bridgehead atoms. The SMILES string of the molecule is Cc1ccccc1COc1ccc(C(O)=C2C(=O)C(=O)N(CCCn3ccnc3)C2c2ccc(Cl)cc2)cc1. The zero-order valence-electron chi connectivity index (χ0n) is 21.5. The number of Topliss-reactive ketones (excluding diaryl/α,β-unsaturated/α-hetero) is 1. The first-order chi connectivity index (χ1) is 18.9. The molecule has 8 heteroatoms. The maximum absolute atomic E-state index is 13.3. The molecule has 3 aromatic carbocycles. The number of ketones is 1. The van der Waals surface area contributed by atoms with Crippen molar-refractivity contribution in [3.63, 3.8) is 0 Å². The van der Waals surface area contributed by atoms with Gasteiger partial charge in [-0.15, -0.1) is 0 Å². The van der Waals surface area contributed by atoms with Gasteiger partial charge in [0.25, 0.3) is 11.7 Å². The van der Waals surface area contributed by atoms with Gasteiger partial charge in [-0.2, -0.15) is 0 Å². The number of halogens is 1. The summed E-state index contributed by atoms with van der Waals surface area (Å²) in [6, 6.07) is 21.1. The Labute approximate surface area is 231 Å². The van der Waals surface area contributed by atoms with Gasteiger partial charge in [0.2, 0.25) is 0 Å². The van der Waals surface area contributed by atoms with Crippen LogP contribution in [-0.4, -0.2) is 37.8 Å². The Bertz CT molecular complexity index is 1500. The summed E-state index contributed by atoms with van der Waals surface area (Å²) in [5.41, 5.74) is 3.40. The van der Waals surface area contributed by atoms with Crippen molar-refractivity contribution in [2.45, 2.75) is 32.5 Å². The highest BCUT2D eigenvalue weighted by molar-refractivity contribution is 6.46. The molecule has 1 aliphatic heterocycles. The number of aliphatic hydroxyl groups excluding tert-OH is 1. The molecule has 1 aliphatic rings. The molecule has 1 aromatic heterocycles. The summed E-state index contributed by atoms with van der Waals surface area (Å²) in [6.45, 7) is 3.42. The number of rotatable bonds is 9. The minimum atomic E-state index is -0.734. The fourth-order valence-electron chi connectivity index (χ4n) is 4.74. The van der Waals surface area contributed by atoms with Crippen LogP contribution in [0.4, 0.5) is 0 Å². The maximum atomic E-state index is 13.3. The molecule has 0 spiro atoms. The monoisotopic (exact) mass is 541 g/mol. The van der Waals surface area contributed by atoms with Crippen LogP contribution in [0.1, 0.15) is 34.7 Å². The standard InChI is InChI=1S/C31H28ClN3O4/c1-21-5-2-3-6-24(21)19-39-26-13-9-23(10-14-26)29(36)27-28(22-7-11-25(32)12-8-22)35(31(38)30(27)37)17-4-16-34-18-15-33-20-34/h2-3,5-15,18,20,28,36H,4,16-17,19H2,1H3. The molecule has 7 nitrogen and oxygen atoms in total. The van der Waals surface area contributed by atoms with E-state index in [1.165, 1.54) is 4.90 Å². The molecule has 5 rings (SSSR count). The molecule has 1 saturated heterocycles. The van der Waals surface area contributed by atoms with Crippen molar-refractivity contribution in [1.29, 1.82) is 0 Å². The number of hydrogen-bond donors (Lipinski definition) is 1. The van der Waals surface area contributed by atoms with Gasteiger partial charge in [0.15, 0.2) is 0 Å². The van der Waals surface area contributed by atoms with E-state index in [-0.39, 0.29) is 11.3 Å². The van der Waals surface area contributed by atoms with Gasteiger partial charge in [0, 0.05) is 36.1 Å². The average Bonchev–Trinajstić information content (AvgIpc) is 3.55. The van der Waals surface area contributed by atoms with Gasteiger partial charge in [0.05, 0.1) is 17.9 Å². The molecule has 198 valence electrons. The van der Waals surface area contributed by atoms with Gasteiger partial charge >= 0.3 is 0 Å². The normalized spacial score (nSPS) is 16.6. The van der Waals surface area contributed by atoms with Crippen molar-refractivity contribution in [2.75, 3.05) is 6.54 Å². The van der Waals surface area contributed by atoms with E-state index in [0.29, 0.717) is 48.0 Å². The number of likely N-dealkylation sites (tertiary alicyclic amines) is 1. The second-order valence-corrected chi connectivity index (χ2v) is 9.87. The van der Waals surface area contributed by atoms with E-state index < -0.39 is 17.7 Å². The first-order valence-electron chi connectivity index (χ1n) is 12.7. The van der Waals surface area contributed by atoms with Crippen LogP contribution in [0.15, 0.2) is 97.1 Å². The van der Waals surface area contributed by atoms with Crippen molar-refractivity contribution in [3.8, 4) is 5.75 Å². The molecule has 2 heterocycles. The van der Waals surface area contributed by atoms with Gasteiger partial charge in [-0.25, -0.2) is 4.98 Å². The molecule has 1 atom stereocenters. The molecular formula is C31H28ClN3O4. The highest BCUT2D eigenvalue weighted by Gasteiger charge is 2.45. The van der Waals surface area contributed by atoms with Crippen molar-refractivity contribution < 1.29 is 19.4 Å². The lowest BCUT2D eigenvalue weighted by Gasteiger charge is -2.25. The number of carbonyl (C=O) groups excluding carboxylic acids is 2. The number of ether oxygens (including phenoxy) is 1. The summed E-state index contributed by atoms with van der Waals surface area (Å²) < 4.78 is 7.83. The van der Waals surface area contributed by atoms with E-state index in [0.717, 1.165) is 11.1 Å². The Morgan fingerprint density at radius 1 is 1.00 bits per heavy atom. The van der Waals surface area contributed by atoms with E-state index in [1.54, 1.807) is 61.1 Å². The number of carbonyl (C=O) groups is 2. The highest BCUT2D eigenvalue weighted by atomic mass is 35.5. The van der Waals surface area contributed by atoms with E-state index in [2.05, 4.69) is 4.98 Å². The van der Waals surface area contributed by atoms with Crippen LogP contribution in [0, 0.1) is 6.92 Å². The summed E-state index contributed by atoms with van der Waals surface area (Å²) in [4.78, 5) is 32.0. The third-order valence-electron chi connectivity index (χ3n) is 6.88. The fourth-order valence-corrected chi connectivity index (χ4v) is 4.87. The van der Waals surface area contributed by atoms with Gasteiger partial charge in [0.1, 0.15) is 18.1 Å². The van der Waals surface area contributed by atoms with Crippen LogP contribution in [0.25, 0.3) is 5.76 Å². The maximum Gasteiger partial charge on any atom is 0.295 e. The Hall–Kier alpha value is -4.36. The van der Waals surface area contributed by atoms with Gasteiger partial charge in [-0.3, -0.25) is 9.59 Å². The van der Waals surface area contributed by atoms with E-state index >= 15 is 0 Å². The average molecular weight is 542 g/mol. The Kier molecular flexibility index (Phi) is 7.79. The minimum absolute atomic E-state index is 0.0542. The summed E-state index contributed by atoms with van der Waals surface area (Å²) in [6.07, 6.45) is 5.86. The molecule has 0 saturated carbocycles. The molecule has 1 unspecified atom stereocenters. The molecule has 0 radical (unpaired) electrons. The van der Waals surface area contributed by atoms with Gasteiger partial charge < -0.3 is 19.3 Å². The number of aryl methyl sites for hydroxylation is 2. The number of aromatic nitrogens is 2. The van der Waals surface area contributed by atoms with Crippen LogP contribution in [-0.2, 0) is 22.7 Å². The zero-order valence-corrected chi connectivity index (χ0v) is 22.2. The molecule has 0 aliphatic carbocycles. The van der Waals surface area contributed by atoms with E-state index in [1.807, 2.05) is 42.0 Å². The number of amides is 1. The molecule has 4 aromatic rings. The van der Waals surface area contributed by atoms with Crippen LogP contribution >= 0.6 is 11.6 Å². The summed E-state index contributed by atoms with van der Waals surface area (Å²) in [5, 5.41) is 11.9. The lowest BCUT2D eigenvalue weighted by molar-refractivity contribution is -0.139. The Morgan fingerprint density at radius 3 is 2.44 bits per heavy atom. The van der Waals surface area contributed by atoms with Crippen LogP contribution in [0.5, 0.6) is 5.75 Å². The Balaban J connectivity index is 1.41. The largest absolute Gasteiger partial charge is 0.507 e. The second-order valence-electron chi connectivity index (χ2n) is 9.44. The first kappa shape index (κ1) is 26.3. The molecule has 1 fully saturated rings. The highest BCUT2D eigenvalue weighted by Crippen LogP contribution is 2.40. The van der Waals surface area contributed by atoms with E-state index in [4.69, 9.17) is 16.3 Å². The lowest BCUT2D eigenvalue weighted by Crippen LogP contribution is -2.31. The summed E-state index contributed by atoms with van der Waals surface area (Å²) in [5.74, 6) is -0.949. The van der Waals surface area contributed by atoms with Crippen molar-refractivity contribution in [1.82, 2.24) is 14.5 Å². The summed E-state index contributed by atoms with van der Waals surface area (Å²) in [7, 11) is 0. The second kappa shape index (κ2) is 11.6. The molecule has 39 heavy (non-hydrogen) atoms. The number of imidazole rings is 1. The van der Waals surface area contributed by atoms with Crippen LogP contribution in [0.3, 0.4) is 0 Å². The number of benzene rings is 3. The van der Waals surface area contributed by atoms with Crippen molar-refractivity contribution >= 4 is 29.1 Å². The minimum Gasteiger partial charge on any atom is -0.507 e. The quantitative estimate of drug-likeness (QED) is 0.161.